The Kier molecular flexibility index (Phi) is 12.6. The van der Waals surface area contributed by atoms with Crippen LogP contribution in [0, 0.1) is 19.2 Å². The maximum Gasteiger partial charge on any atom is 0.135 e. The van der Waals surface area contributed by atoms with Crippen molar-refractivity contribution in [3.05, 3.63) is 150 Å². The zero-order valence-electron chi connectivity index (χ0n) is 39.6. The van der Waals surface area contributed by atoms with Crippen molar-refractivity contribution in [2.24, 2.45) is 0 Å². The third-order valence-electron chi connectivity index (χ3n) is 11.7. The van der Waals surface area contributed by atoms with Gasteiger partial charge in [-0.15, -0.1) is 47.0 Å². The van der Waals surface area contributed by atoms with Crippen molar-refractivity contribution in [1.29, 1.82) is 0 Å². The minimum Gasteiger partial charge on any atom is -0.515 e. The van der Waals surface area contributed by atoms with Gasteiger partial charge >= 0.3 is 0 Å². The topological polar surface area (TPSA) is 42.3 Å². The van der Waals surface area contributed by atoms with E-state index in [0.29, 0.717) is 11.5 Å². The third-order valence-corrected chi connectivity index (χ3v) is 11.7. The zero-order chi connectivity index (χ0) is 44.4. The Morgan fingerprint density at radius 3 is 1.76 bits per heavy atom. The van der Waals surface area contributed by atoms with Crippen molar-refractivity contribution in [2.45, 2.75) is 131 Å². The normalized spacial score (nSPS) is 12.7. The number of fused-ring (bicyclic) bond motifs is 3. The van der Waals surface area contributed by atoms with E-state index in [1.165, 1.54) is 22.3 Å². The van der Waals surface area contributed by atoms with Gasteiger partial charge in [0.1, 0.15) is 5.82 Å². The molecule has 0 bridgehead atoms. The molecule has 0 fully saturated rings. The van der Waals surface area contributed by atoms with Crippen molar-refractivity contribution in [1.82, 2.24) is 9.55 Å². The smallest absolute Gasteiger partial charge is 0.135 e. The molecule has 5 nitrogen and oxygen atoms in total. The second-order valence-corrected chi connectivity index (χ2v) is 21.9. The van der Waals surface area contributed by atoms with Gasteiger partial charge in [0.2, 0.25) is 0 Å². The molecule has 0 atom stereocenters. The van der Waals surface area contributed by atoms with Crippen LogP contribution in [0.1, 0.15) is 132 Å². The number of anilines is 4. The molecule has 5 aromatic carbocycles. The second-order valence-electron chi connectivity index (χ2n) is 21.9. The van der Waals surface area contributed by atoms with Gasteiger partial charge in [0.15, 0.2) is 0 Å². The summed E-state index contributed by atoms with van der Waals surface area (Å²) in [5.41, 5.74) is 11.5. The van der Waals surface area contributed by atoms with Crippen molar-refractivity contribution < 1.29 is 25.8 Å². The fraction of sp³-hybridized carbons (Fsp3) is 0.357. The minimum absolute atomic E-state index is 0. The van der Waals surface area contributed by atoms with E-state index < -0.39 is 0 Å². The van der Waals surface area contributed by atoms with Gasteiger partial charge in [-0.05, 0) is 97.2 Å². The van der Waals surface area contributed by atoms with E-state index in [4.69, 9.17) is 16.8 Å². The van der Waals surface area contributed by atoms with Crippen molar-refractivity contribution >= 4 is 44.6 Å². The van der Waals surface area contributed by atoms with Crippen LogP contribution in [0.2, 0.25) is 0 Å². The molecule has 2 heterocycles. The largest absolute Gasteiger partial charge is 0.515 e. The Morgan fingerprint density at radius 1 is 0.565 bits per heavy atom. The second kappa shape index (κ2) is 16.7. The maximum absolute atomic E-state index is 6.79. The first-order chi connectivity index (χ1) is 28.3. The summed E-state index contributed by atoms with van der Waals surface area (Å²) in [6.07, 6.45) is 1.90. The molecule has 0 aliphatic rings. The van der Waals surface area contributed by atoms with Crippen LogP contribution in [0.4, 0.5) is 22.7 Å². The molecule has 0 aliphatic carbocycles. The molecule has 7 rings (SSSR count). The maximum atomic E-state index is 6.79. The van der Waals surface area contributed by atoms with Gasteiger partial charge in [-0.25, -0.2) is 4.98 Å². The van der Waals surface area contributed by atoms with Crippen LogP contribution in [-0.2, 0) is 48.1 Å². The molecule has 0 spiro atoms. The van der Waals surface area contributed by atoms with Gasteiger partial charge in [0.05, 0.1) is 5.69 Å². The van der Waals surface area contributed by atoms with Crippen LogP contribution >= 0.6 is 0 Å². The molecule has 7 aromatic rings. The summed E-state index contributed by atoms with van der Waals surface area (Å²) < 4.78 is 8.99. The summed E-state index contributed by atoms with van der Waals surface area (Å²) in [6.45, 7) is 33.7. The van der Waals surface area contributed by atoms with E-state index in [0.717, 1.165) is 55.9 Å². The molecule has 0 saturated carbocycles. The van der Waals surface area contributed by atoms with Crippen LogP contribution < -0.4 is 15.0 Å². The Bertz CT molecular complexity index is 2710. The molecule has 328 valence electrons. The minimum atomic E-state index is -0.183. The van der Waals surface area contributed by atoms with Crippen LogP contribution in [0.15, 0.2) is 103 Å². The molecule has 0 unspecified atom stereocenters. The van der Waals surface area contributed by atoms with E-state index >= 15 is 0 Å². The number of pyridine rings is 1. The number of hydrogen-bond acceptors (Lipinski definition) is 4. The summed E-state index contributed by atoms with van der Waals surface area (Å²) in [6, 6.07) is 42.0. The van der Waals surface area contributed by atoms with E-state index in [2.05, 4.69) is 217 Å². The van der Waals surface area contributed by atoms with Gasteiger partial charge < -0.3 is 19.5 Å². The SMILES string of the molecule is [CH2-]N(c1[c-]c(Oc2[c-]c3c(cc2)c2ccccc2n3-c2cc(C(C)(C)C)ccn2)cc(C(C)(C)C)c1)c1cc(C(C)(C)C)ccc1Nc1cc(C(C)(C)C)cc(C(C)(C)C)c1.[Pt]. The van der Waals surface area contributed by atoms with Crippen molar-refractivity contribution in [2.75, 3.05) is 10.2 Å². The Balaban J connectivity index is 0.00000641. The predicted molar refractivity (Wildman–Crippen MR) is 260 cm³/mol. The predicted octanol–water partition coefficient (Wildman–Crippen LogP) is 15.7. The van der Waals surface area contributed by atoms with Gasteiger partial charge in [-0.2, -0.15) is 6.07 Å². The summed E-state index contributed by atoms with van der Waals surface area (Å²) in [5, 5.41) is 6.07. The van der Waals surface area contributed by atoms with Crippen LogP contribution in [-0.4, -0.2) is 9.55 Å². The number of rotatable bonds is 7. The summed E-state index contributed by atoms with van der Waals surface area (Å²) in [7, 11) is 4.71. The number of para-hydroxylation sites is 1. The number of nitrogens with zero attached hydrogens (tertiary/aromatic N) is 3. The molecular weight excluding hydrogens is 940 g/mol. The molecule has 6 heteroatoms. The Morgan fingerprint density at radius 2 is 1.15 bits per heavy atom. The molecule has 0 aliphatic heterocycles. The van der Waals surface area contributed by atoms with E-state index in [1.54, 1.807) is 0 Å². The van der Waals surface area contributed by atoms with Gasteiger partial charge in [-0.3, -0.25) is 7.05 Å². The van der Waals surface area contributed by atoms with Crippen LogP contribution in [0.25, 0.3) is 27.6 Å². The first kappa shape index (κ1) is 46.6. The summed E-state index contributed by atoms with van der Waals surface area (Å²) >= 11 is 0. The van der Waals surface area contributed by atoms with Gasteiger partial charge in [0, 0.05) is 55.7 Å². The first-order valence-corrected chi connectivity index (χ1v) is 21.6. The summed E-state index contributed by atoms with van der Waals surface area (Å²) in [5.74, 6) is 2.04. The number of ether oxygens (including phenoxy) is 1. The number of hydrogen-bond donors (Lipinski definition) is 1. The zero-order valence-corrected chi connectivity index (χ0v) is 41.9. The molecule has 1 N–H and O–H groups in total. The Hall–Kier alpha value is -4.86. The van der Waals surface area contributed by atoms with Gasteiger partial charge in [-0.1, -0.05) is 140 Å². The number of aromatic nitrogens is 2. The quantitative estimate of drug-likeness (QED) is 0.162. The fourth-order valence-corrected chi connectivity index (χ4v) is 7.64. The first-order valence-electron chi connectivity index (χ1n) is 21.6. The van der Waals surface area contributed by atoms with Crippen LogP contribution in [0.5, 0.6) is 11.5 Å². The van der Waals surface area contributed by atoms with Crippen molar-refractivity contribution in [3.63, 3.8) is 0 Å². The van der Waals surface area contributed by atoms with Crippen molar-refractivity contribution in [3.8, 4) is 17.3 Å². The molecule has 62 heavy (non-hydrogen) atoms. The van der Waals surface area contributed by atoms with E-state index in [9.17, 15) is 0 Å². The monoisotopic (exact) mass is 1000 g/mol. The molecule has 0 radical (unpaired) electrons. The average molecular weight is 1010 g/mol. The third kappa shape index (κ3) is 9.84. The Labute approximate surface area is 386 Å². The van der Waals surface area contributed by atoms with E-state index in [-0.39, 0.29) is 48.1 Å². The standard InChI is InChI=1S/C56H65N4O.Pt/c1-52(2,3)36-21-24-47(58-41-28-38(54(7,8)9)27-39(29-41)55(10,11)12)50(32-36)59(16)42-30-40(56(13,14)15)31-44(34-42)61-43-22-23-46-45-19-17-18-20-48(45)60(49(46)35-43)51-33-37(25-26-57-51)53(4,5)6;/h17-33,58H,16H2,1-15H3;/q-3;. The molecule has 2 aromatic heterocycles. The summed E-state index contributed by atoms with van der Waals surface area (Å²) in [4.78, 5) is 6.87. The van der Waals surface area contributed by atoms with E-state index in [1.807, 2.05) is 17.2 Å². The average Bonchev–Trinajstić information content (AvgIpc) is 3.49. The molecular formula is C56H65N4OPt-3. The molecule has 0 saturated heterocycles. The fourth-order valence-electron chi connectivity index (χ4n) is 7.64. The van der Waals surface area contributed by atoms with Gasteiger partial charge in [0.25, 0.3) is 0 Å². The molecule has 0 amide bonds. The van der Waals surface area contributed by atoms with Crippen LogP contribution in [0.3, 0.4) is 0 Å². The number of benzene rings is 5. The number of nitrogens with one attached hydrogen (secondary N) is 1.